The Labute approximate surface area is 122 Å². The molecule has 20 heavy (non-hydrogen) atoms. The van der Waals surface area contributed by atoms with Gasteiger partial charge in [-0.05, 0) is 19.8 Å². The zero-order valence-corrected chi connectivity index (χ0v) is 13.5. The number of nitrogens with zero attached hydrogens (tertiary/aromatic N) is 2. The maximum Gasteiger partial charge on any atom is 0.305 e. The van der Waals surface area contributed by atoms with Crippen LogP contribution >= 0.6 is 0 Å². The molecule has 0 aromatic rings. The van der Waals surface area contributed by atoms with E-state index in [4.69, 9.17) is 0 Å². The first-order valence-electron chi connectivity index (χ1n) is 7.19. The lowest BCUT2D eigenvalue weighted by Gasteiger charge is -2.37. The van der Waals surface area contributed by atoms with Crippen LogP contribution in [0.2, 0.25) is 0 Å². The summed E-state index contributed by atoms with van der Waals surface area (Å²) in [6, 6.07) is 0.499. The number of carbonyl (C=O) groups excluding carboxylic acids is 1. The van der Waals surface area contributed by atoms with E-state index in [0.29, 0.717) is 25.6 Å². The van der Waals surface area contributed by atoms with Crippen molar-refractivity contribution in [2.75, 3.05) is 39.0 Å². The number of esters is 1. The summed E-state index contributed by atoms with van der Waals surface area (Å²) in [4.78, 5) is 13.3. The van der Waals surface area contributed by atoms with E-state index in [1.54, 1.807) is 4.31 Å². The maximum absolute atomic E-state index is 12.2. The van der Waals surface area contributed by atoms with Crippen LogP contribution in [-0.2, 0) is 19.6 Å². The van der Waals surface area contributed by atoms with E-state index in [1.807, 2.05) is 0 Å². The average Bonchev–Trinajstić information content (AvgIpc) is 2.46. The summed E-state index contributed by atoms with van der Waals surface area (Å²) < 4.78 is 30.4. The molecule has 7 heteroatoms. The third-order valence-electron chi connectivity index (χ3n) is 3.89. The number of hydrogen-bond acceptors (Lipinski definition) is 5. The zero-order valence-electron chi connectivity index (χ0n) is 12.7. The predicted octanol–water partition coefficient (Wildman–Crippen LogP) is 0.686. The van der Waals surface area contributed by atoms with Crippen molar-refractivity contribution in [3.8, 4) is 0 Å². The lowest BCUT2D eigenvalue weighted by molar-refractivity contribution is -0.140. The van der Waals surface area contributed by atoms with E-state index in [9.17, 15) is 13.2 Å². The Balaban J connectivity index is 2.40. The van der Waals surface area contributed by atoms with Gasteiger partial charge in [0.15, 0.2) is 0 Å². The fourth-order valence-electron chi connectivity index (χ4n) is 2.31. The first-order chi connectivity index (χ1) is 9.40. The molecule has 6 nitrogen and oxygen atoms in total. The Hall–Kier alpha value is -0.660. The van der Waals surface area contributed by atoms with Crippen LogP contribution in [0.15, 0.2) is 0 Å². The van der Waals surface area contributed by atoms with Gasteiger partial charge in [0, 0.05) is 38.6 Å². The van der Waals surface area contributed by atoms with Gasteiger partial charge >= 0.3 is 5.97 Å². The molecule has 0 aliphatic carbocycles. The van der Waals surface area contributed by atoms with Crippen molar-refractivity contribution in [2.45, 2.75) is 39.2 Å². The minimum absolute atomic E-state index is 0.0193. The fourth-order valence-corrected chi connectivity index (χ4v) is 3.80. The fraction of sp³-hybridized carbons (Fsp3) is 0.923. The Morgan fingerprint density at radius 2 is 1.85 bits per heavy atom. The molecule has 0 aromatic carbocycles. The maximum atomic E-state index is 12.2. The molecule has 1 rings (SSSR count). The van der Waals surface area contributed by atoms with Gasteiger partial charge in [-0.3, -0.25) is 9.69 Å². The van der Waals surface area contributed by atoms with Gasteiger partial charge in [-0.25, -0.2) is 8.42 Å². The van der Waals surface area contributed by atoms with E-state index in [1.165, 1.54) is 7.11 Å². The van der Waals surface area contributed by atoms with Crippen molar-refractivity contribution in [1.82, 2.24) is 9.21 Å². The standard InChI is InChI=1S/C13H26N2O4S/c1-4-12(2)14-7-9-15(10-8-14)20(17,18)11-5-6-13(16)19-3/h12H,4-11H2,1-3H3. The van der Waals surface area contributed by atoms with Crippen LogP contribution in [0, 0.1) is 0 Å². The van der Waals surface area contributed by atoms with Gasteiger partial charge in [0.1, 0.15) is 0 Å². The third-order valence-corrected chi connectivity index (χ3v) is 5.85. The van der Waals surface area contributed by atoms with Crippen molar-refractivity contribution < 1.29 is 17.9 Å². The van der Waals surface area contributed by atoms with Gasteiger partial charge in [0.25, 0.3) is 0 Å². The second kappa shape index (κ2) is 7.95. The SMILES string of the molecule is CCC(C)N1CCN(S(=O)(=O)CCCC(=O)OC)CC1. The Kier molecular flexibility index (Phi) is 6.91. The average molecular weight is 306 g/mol. The van der Waals surface area contributed by atoms with Crippen molar-refractivity contribution in [2.24, 2.45) is 0 Å². The number of piperazine rings is 1. The van der Waals surface area contributed by atoms with E-state index >= 15 is 0 Å². The highest BCUT2D eigenvalue weighted by Gasteiger charge is 2.27. The molecule has 1 heterocycles. The van der Waals surface area contributed by atoms with Crippen LogP contribution < -0.4 is 0 Å². The molecular weight excluding hydrogens is 280 g/mol. The largest absolute Gasteiger partial charge is 0.469 e. The molecule has 1 aliphatic rings. The van der Waals surface area contributed by atoms with E-state index < -0.39 is 10.0 Å². The van der Waals surface area contributed by atoms with Crippen molar-refractivity contribution in [3.05, 3.63) is 0 Å². The zero-order chi connectivity index (χ0) is 15.2. The van der Waals surface area contributed by atoms with Crippen LogP contribution in [-0.4, -0.2) is 68.7 Å². The number of ether oxygens (including phenoxy) is 1. The second-order valence-electron chi connectivity index (χ2n) is 5.19. The molecule has 0 amide bonds. The van der Waals surface area contributed by atoms with Crippen LogP contribution in [0.1, 0.15) is 33.1 Å². The highest BCUT2D eigenvalue weighted by molar-refractivity contribution is 7.89. The molecule has 0 radical (unpaired) electrons. The van der Waals surface area contributed by atoms with Crippen LogP contribution in [0.5, 0.6) is 0 Å². The van der Waals surface area contributed by atoms with Crippen molar-refractivity contribution in [1.29, 1.82) is 0 Å². The molecule has 0 saturated carbocycles. The van der Waals surface area contributed by atoms with Crippen LogP contribution in [0.3, 0.4) is 0 Å². The highest BCUT2D eigenvalue weighted by atomic mass is 32.2. The van der Waals surface area contributed by atoms with E-state index in [0.717, 1.165) is 19.5 Å². The number of carbonyl (C=O) groups is 1. The molecule has 0 aromatic heterocycles. The smallest absolute Gasteiger partial charge is 0.305 e. The number of sulfonamides is 1. The van der Waals surface area contributed by atoms with Crippen LogP contribution in [0.4, 0.5) is 0 Å². The summed E-state index contributed by atoms with van der Waals surface area (Å²) in [5, 5.41) is 0. The van der Waals surface area contributed by atoms with Gasteiger partial charge < -0.3 is 4.74 Å². The third kappa shape index (κ3) is 5.03. The lowest BCUT2D eigenvalue weighted by atomic mass is 10.2. The second-order valence-corrected chi connectivity index (χ2v) is 7.28. The monoisotopic (exact) mass is 306 g/mol. The van der Waals surface area contributed by atoms with Crippen molar-refractivity contribution in [3.63, 3.8) is 0 Å². The highest BCUT2D eigenvalue weighted by Crippen LogP contribution is 2.13. The summed E-state index contributed by atoms with van der Waals surface area (Å²) >= 11 is 0. The number of hydrogen-bond donors (Lipinski definition) is 0. The Morgan fingerprint density at radius 3 is 2.35 bits per heavy atom. The van der Waals surface area contributed by atoms with Crippen molar-refractivity contribution >= 4 is 16.0 Å². The Bertz CT molecular complexity index is 403. The minimum Gasteiger partial charge on any atom is -0.469 e. The van der Waals surface area contributed by atoms with Crippen LogP contribution in [0.25, 0.3) is 0 Å². The molecule has 1 fully saturated rings. The first kappa shape index (κ1) is 17.4. The van der Waals surface area contributed by atoms with Gasteiger partial charge in [-0.1, -0.05) is 6.92 Å². The molecule has 118 valence electrons. The number of methoxy groups -OCH3 is 1. The van der Waals surface area contributed by atoms with Gasteiger partial charge in [0.2, 0.25) is 10.0 Å². The molecule has 0 spiro atoms. The molecule has 1 aliphatic heterocycles. The van der Waals surface area contributed by atoms with E-state index in [-0.39, 0.29) is 18.1 Å². The van der Waals surface area contributed by atoms with Gasteiger partial charge in [-0.2, -0.15) is 4.31 Å². The molecule has 1 saturated heterocycles. The topological polar surface area (TPSA) is 66.9 Å². The molecular formula is C13H26N2O4S. The summed E-state index contributed by atoms with van der Waals surface area (Å²) in [7, 11) is -1.93. The molecule has 0 N–H and O–H groups in total. The van der Waals surface area contributed by atoms with E-state index in [2.05, 4.69) is 23.5 Å². The summed E-state index contributed by atoms with van der Waals surface area (Å²) in [5.74, 6) is -0.340. The minimum atomic E-state index is -3.24. The Morgan fingerprint density at radius 1 is 1.25 bits per heavy atom. The lowest BCUT2D eigenvalue weighted by Crippen LogP contribution is -2.51. The molecule has 1 atom stereocenters. The van der Waals surface area contributed by atoms with Gasteiger partial charge in [0.05, 0.1) is 12.9 Å². The van der Waals surface area contributed by atoms with Gasteiger partial charge in [-0.15, -0.1) is 0 Å². The molecule has 0 bridgehead atoms. The quantitative estimate of drug-likeness (QED) is 0.647. The molecule has 1 unspecified atom stereocenters. The number of rotatable bonds is 7. The summed E-state index contributed by atoms with van der Waals surface area (Å²) in [5.41, 5.74) is 0. The first-order valence-corrected chi connectivity index (χ1v) is 8.80. The predicted molar refractivity (Wildman–Crippen MR) is 77.9 cm³/mol. The summed E-state index contributed by atoms with van der Waals surface area (Å²) in [6.45, 7) is 6.97. The normalized spacial score (nSPS) is 19.8. The summed E-state index contributed by atoms with van der Waals surface area (Å²) in [6.07, 6.45) is 1.55.